The van der Waals surface area contributed by atoms with Gasteiger partial charge in [-0.15, -0.1) is 0 Å². The lowest BCUT2D eigenvalue weighted by Gasteiger charge is -2.45. The largest absolute Gasteiger partial charge is 0.369 e. The highest BCUT2D eigenvalue weighted by molar-refractivity contribution is 5.93. The number of aromatic nitrogens is 7. The number of imidazole rings is 1. The number of hydrogen-bond acceptors (Lipinski definition) is 10. The van der Waals surface area contributed by atoms with Crippen LogP contribution in [0.4, 0.5) is 10.3 Å². The molecule has 2 saturated carbocycles. The Bertz CT molecular complexity index is 3010. The van der Waals surface area contributed by atoms with Gasteiger partial charge in [0.05, 0.1) is 47.7 Å². The fourth-order valence-electron chi connectivity index (χ4n) is 11.5. The first kappa shape index (κ1) is 45.3. The number of primary amides is 1. The minimum absolute atomic E-state index is 0.103. The highest BCUT2D eigenvalue weighted by atomic mass is 19.1. The van der Waals surface area contributed by atoms with Gasteiger partial charge >= 0.3 is 5.69 Å². The fourth-order valence-corrected chi connectivity index (χ4v) is 11.5. The Balaban J connectivity index is 0.991. The summed E-state index contributed by atoms with van der Waals surface area (Å²) in [7, 11) is 0. The number of anilines is 1. The summed E-state index contributed by atoms with van der Waals surface area (Å²) < 4.78 is 20.7. The van der Waals surface area contributed by atoms with Crippen LogP contribution in [-0.2, 0) is 24.3 Å². The predicted molar refractivity (Wildman–Crippen MR) is 258 cm³/mol. The molecule has 5 aromatic heterocycles. The van der Waals surface area contributed by atoms with Crippen LogP contribution in [0.2, 0.25) is 0 Å². The van der Waals surface area contributed by atoms with Gasteiger partial charge in [-0.3, -0.25) is 18.7 Å². The number of fused-ring (bicyclic) bond motifs is 4. The van der Waals surface area contributed by atoms with Crippen LogP contribution in [0.1, 0.15) is 130 Å². The summed E-state index contributed by atoms with van der Waals surface area (Å²) in [5.41, 5.74) is 11.2. The summed E-state index contributed by atoms with van der Waals surface area (Å²) in [6, 6.07) is 13.9. The number of likely N-dealkylation sites (tertiary alicyclic amines) is 1. The number of benzene rings is 1. The van der Waals surface area contributed by atoms with Crippen LogP contribution in [0.25, 0.3) is 27.9 Å². The second-order valence-electron chi connectivity index (χ2n) is 20.9. The van der Waals surface area contributed by atoms with Crippen molar-refractivity contribution in [2.75, 3.05) is 37.6 Å². The van der Waals surface area contributed by atoms with E-state index in [1.165, 1.54) is 12.5 Å². The van der Waals surface area contributed by atoms with Gasteiger partial charge in [-0.2, -0.15) is 10.2 Å². The van der Waals surface area contributed by atoms with E-state index >= 15 is 9.18 Å². The average Bonchev–Trinajstić information content (AvgIpc) is 3.79. The predicted octanol–water partition coefficient (Wildman–Crippen LogP) is 7.37. The van der Waals surface area contributed by atoms with E-state index in [0.717, 1.165) is 94.1 Å². The zero-order valence-corrected chi connectivity index (χ0v) is 39.7. The molecule has 354 valence electrons. The number of halogens is 1. The summed E-state index contributed by atoms with van der Waals surface area (Å²) in [6.07, 6.45) is 13.2. The lowest BCUT2D eigenvalue weighted by atomic mass is 9.67. The van der Waals surface area contributed by atoms with Crippen molar-refractivity contribution in [2.45, 2.75) is 123 Å². The first-order valence-electron chi connectivity index (χ1n) is 24.4. The lowest BCUT2D eigenvalue weighted by molar-refractivity contribution is -0.131. The van der Waals surface area contributed by atoms with Crippen LogP contribution in [0.3, 0.4) is 0 Å². The van der Waals surface area contributed by atoms with E-state index in [0.29, 0.717) is 59.2 Å². The van der Waals surface area contributed by atoms with E-state index in [2.05, 4.69) is 35.6 Å². The third-order valence-corrected chi connectivity index (χ3v) is 15.1. The molecule has 0 unspecified atom stereocenters. The zero-order chi connectivity index (χ0) is 47.5. The monoisotopic (exact) mass is 920 g/mol. The Hall–Kier alpha value is -6.47. The number of amides is 2. The molecule has 16 heteroatoms. The standard InChI is InChI=1S/C52H61FN12O3/c1-33-44-46(59-49(58-33)63(36-10-6-5-7-11-36)32-52(48(55)67)20-9-21-52)65(37-17-23-60(24-18-37)31-51(2,3)4)50(68)64(44)38-15-16-42(57-28-38)47(66)61-25-19-39-40-12-8-22-56-45(40)62(43(39)30-61)29-35-14-13-34(27-54)26-41(35)53/h8,12-16,22,26,28,36-37H,5-7,9-11,17-21,23-25,29-32H2,1-4H3,(H2,55,67). The third kappa shape index (κ3) is 8.32. The number of pyridine rings is 2. The quantitative estimate of drug-likeness (QED) is 0.138. The van der Waals surface area contributed by atoms with Gasteiger partial charge in [0.1, 0.15) is 22.7 Å². The van der Waals surface area contributed by atoms with Crippen LogP contribution in [-0.4, -0.2) is 94.0 Å². The Kier molecular flexibility index (Phi) is 11.9. The normalized spacial score (nSPS) is 18.1. The van der Waals surface area contributed by atoms with Crippen LogP contribution >= 0.6 is 0 Å². The molecule has 1 aromatic carbocycles. The molecule has 0 spiro atoms. The Morgan fingerprint density at radius 1 is 0.971 bits per heavy atom. The van der Waals surface area contributed by atoms with Crippen molar-refractivity contribution in [3.05, 3.63) is 105 Å². The maximum Gasteiger partial charge on any atom is 0.335 e. The molecule has 0 radical (unpaired) electrons. The van der Waals surface area contributed by atoms with Gasteiger partial charge in [0, 0.05) is 67.6 Å². The maximum atomic E-state index is 15.2. The fraction of sp³-hybridized carbons (Fsp3) is 0.500. The second kappa shape index (κ2) is 17.9. The van der Waals surface area contributed by atoms with Gasteiger partial charge in [-0.05, 0) is 99.2 Å². The highest BCUT2D eigenvalue weighted by Gasteiger charge is 2.46. The van der Waals surface area contributed by atoms with Gasteiger partial charge in [-0.1, -0.05) is 52.5 Å². The molecule has 68 heavy (non-hydrogen) atoms. The number of carbonyl (C=O) groups excluding carboxylic acids is 2. The molecular weight excluding hydrogens is 860 g/mol. The van der Waals surface area contributed by atoms with Crippen molar-refractivity contribution in [3.63, 3.8) is 0 Å². The van der Waals surface area contributed by atoms with Gasteiger partial charge in [-0.25, -0.2) is 24.1 Å². The summed E-state index contributed by atoms with van der Waals surface area (Å²) in [6.45, 7) is 12.7. The van der Waals surface area contributed by atoms with E-state index in [-0.39, 0.29) is 59.3 Å². The molecule has 2 aliphatic heterocycles. The van der Waals surface area contributed by atoms with Crippen LogP contribution in [0.15, 0.2) is 59.7 Å². The van der Waals surface area contributed by atoms with Crippen molar-refractivity contribution in [3.8, 4) is 11.8 Å². The topological polar surface area (TPSA) is 177 Å². The van der Waals surface area contributed by atoms with Gasteiger partial charge in [0.25, 0.3) is 5.91 Å². The van der Waals surface area contributed by atoms with Crippen LogP contribution in [0, 0.1) is 34.9 Å². The van der Waals surface area contributed by atoms with Crippen molar-refractivity contribution in [1.29, 1.82) is 5.26 Å². The summed E-state index contributed by atoms with van der Waals surface area (Å²) in [4.78, 5) is 68.8. The molecule has 1 saturated heterocycles. The number of nitrogens with two attached hydrogens (primary N) is 1. The van der Waals surface area contributed by atoms with E-state index < -0.39 is 11.2 Å². The van der Waals surface area contributed by atoms with E-state index in [1.807, 2.05) is 34.3 Å². The number of aryl methyl sites for hydroxylation is 1. The smallest absolute Gasteiger partial charge is 0.335 e. The number of hydrogen-bond donors (Lipinski definition) is 1. The third-order valence-electron chi connectivity index (χ3n) is 15.1. The number of nitriles is 1. The molecule has 10 rings (SSSR count). The number of nitrogens with zero attached hydrogens (tertiary/aromatic N) is 11. The van der Waals surface area contributed by atoms with Crippen molar-refractivity contribution < 1.29 is 14.0 Å². The van der Waals surface area contributed by atoms with Gasteiger partial charge in [0.15, 0.2) is 5.65 Å². The van der Waals surface area contributed by atoms with E-state index in [9.17, 15) is 14.9 Å². The van der Waals surface area contributed by atoms with Gasteiger partial charge in [0.2, 0.25) is 11.9 Å². The number of carbonyl (C=O) groups is 2. The Morgan fingerprint density at radius 2 is 1.75 bits per heavy atom. The molecule has 2 aliphatic carbocycles. The van der Waals surface area contributed by atoms with Crippen molar-refractivity contribution >= 4 is 40.0 Å². The maximum absolute atomic E-state index is 15.2. The summed E-state index contributed by atoms with van der Waals surface area (Å²) in [5.74, 6) is -0.478. The molecule has 4 aliphatic rings. The van der Waals surface area contributed by atoms with Crippen LogP contribution < -0.4 is 16.3 Å². The zero-order valence-electron chi connectivity index (χ0n) is 39.7. The summed E-state index contributed by atoms with van der Waals surface area (Å²) in [5, 5.41) is 10.3. The molecular formula is C52H61FN12O3. The van der Waals surface area contributed by atoms with E-state index in [4.69, 9.17) is 20.7 Å². The molecule has 6 aromatic rings. The molecule has 0 bridgehead atoms. The van der Waals surface area contributed by atoms with Gasteiger partial charge < -0.3 is 25.0 Å². The second-order valence-corrected chi connectivity index (χ2v) is 20.9. The minimum atomic E-state index is -0.627. The Morgan fingerprint density at radius 3 is 2.41 bits per heavy atom. The lowest BCUT2D eigenvalue weighted by Crippen LogP contribution is -2.54. The van der Waals surface area contributed by atoms with E-state index in [1.54, 1.807) is 46.1 Å². The molecule has 2 N–H and O–H groups in total. The molecule has 2 amide bonds. The average molecular weight is 921 g/mol. The first-order chi connectivity index (χ1) is 32.7. The van der Waals surface area contributed by atoms with Crippen LogP contribution in [0.5, 0.6) is 0 Å². The highest BCUT2D eigenvalue weighted by Crippen LogP contribution is 2.43. The SMILES string of the molecule is Cc1nc(N(CC2(C(N)=O)CCC2)C2CCCCC2)nc2c1n(-c1ccc(C(=O)N3CCc4c(n(Cc5ccc(C#N)cc5F)c5ncccc45)C3)nc1)c(=O)n2C1CCN(CC(C)(C)C)CC1. The molecule has 0 atom stereocenters. The number of piperidine rings is 1. The molecule has 7 heterocycles. The van der Waals surface area contributed by atoms with Crippen molar-refractivity contribution in [2.24, 2.45) is 16.6 Å². The first-order valence-corrected chi connectivity index (χ1v) is 24.4. The number of rotatable bonds is 11. The van der Waals surface area contributed by atoms with Crippen molar-refractivity contribution in [1.82, 2.24) is 43.4 Å². The minimum Gasteiger partial charge on any atom is -0.369 e. The molecule has 15 nitrogen and oxygen atoms in total. The summed E-state index contributed by atoms with van der Waals surface area (Å²) >= 11 is 0. The molecule has 3 fully saturated rings. The Labute approximate surface area is 395 Å².